The highest BCUT2D eigenvalue weighted by Gasteiger charge is 2.24. The maximum atomic E-state index is 9.87. The van der Waals surface area contributed by atoms with Gasteiger partial charge in [-0.2, -0.15) is 0 Å². The lowest BCUT2D eigenvalue weighted by Gasteiger charge is -2.15. The molecule has 3 nitrogen and oxygen atoms in total. The van der Waals surface area contributed by atoms with Crippen LogP contribution in [0.2, 0.25) is 0 Å². The molecule has 3 rings (SSSR count). The zero-order valence-electron chi connectivity index (χ0n) is 11.6. The quantitative estimate of drug-likeness (QED) is 0.895. The molecule has 104 valence electrons. The van der Waals surface area contributed by atoms with Crippen molar-refractivity contribution in [3.63, 3.8) is 0 Å². The summed E-state index contributed by atoms with van der Waals surface area (Å²) in [6, 6.07) is 14.1. The molecule has 2 aromatic carbocycles. The van der Waals surface area contributed by atoms with Gasteiger partial charge in [-0.1, -0.05) is 30.3 Å². The second-order valence-corrected chi connectivity index (χ2v) is 5.13. The molecule has 0 radical (unpaired) electrons. The number of hydrogen-bond donors (Lipinski definition) is 2. The van der Waals surface area contributed by atoms with Gasteiger partial charge in [-0.25, -0.2) is 0 Å². The van der Waals surface area contributed by atoms with E-state index in [1.807, 2.05) is 24.3 Å². The van der Waals surface area contributed by atoms with Crippen LogP contribution in [0.25, 0.3) is 0 Å². The van der Waals surface area contributed by atoms with Crippen LogP contribution in [0.15, 0.2) is 42.5 Å². The van der Waals surface area contributed by atoms with E-state index in [4.69, 9.17) is 4.74 Å². The second-order valence-electron chi connectivity index (χ2n) is 5.13. The number of phenols is 1. The first-order chi connectivity index (χ1) is 9.79. The lowest BCUT2D eigenvalue weighted by atomic mass is 10.1. The van der Waals surface area contributed by atoms with E-state index in [2.05, 4.69) is 17.4 Å². The van der Waals surface area contributed by atoms with Gasteiger partial charge in [-0.15, -0.1) is 0 Å². The maximum Gasteiger partial charge on any atom is 0.123 e. The summed E-state index contributed by atoms with van der Waals surface area (Å²) in [6.07, 6.45) is 1.97. The lowest BCUT2D eigenvalue weighted by molar-refractivity contribution is 0.405. The van der Waals surface area contributed by atoms with Crippen molar-refractivity contribution in [3.05, 3.63) is 59.2 Å². The van der Waals surface area contributed by atoms with Gasteiger partial charge >= 0.3 is 0 Å². The van der Waals surface area contributed by atoms with Crippen LogP contribution in [0.5, 0.6) is 11.5 Å². The van der Waals surface area contributed by atoms with E-state index in [9.17, 15) is 5.11 Å². The normalized spacial score (nSPS) is 16.9. The Kier molecular flexibility index (Phi) is 3.61. The van der Waals surface area contributed by atoms with Crippen LogP contribution in [-0.2, 0) is 13.0 Å². The highest BCUT2D eigenvalue weighted by atomic mass is 16.5. The van der Waals surface area contributed by atoms with Crippen molar-refractivity contribution in [2.24, 2.45) is 0 Å². The Hall–Kier alpha value is -2.00. The van der Waals surface area contributed by atoms with E-state index in [1.165, 1.54) is 5.56 Å². The fourth-order valence-corrected chi connectivity index (χ4v) is 2.93. The summed E-state index contributed by atoms with van der Waals surface area (Å²) in [7, 11) is 1.70. The number of fused-ring (bicyclic) bond motifs is 1. The molecule has 1 aliphatic rings. The van der Waals surface area contributed by atoms with Gasteiger partial charge in [-0.3, -0.25) is 0 Å². The third-order valence-electron chi connectivity index (χ3n) is 3.98. The van der Waals surface area contributed by atoms with E-state index in [1.54, 1.807) is 13.2 Å². The maximum absolute atomic E-state index is 9.87. The Labute approximate surface area is 119 Å². The minimum atomic E-state index is 0.307. The summed E-state index contributed by atoms with van der Waals surface area (Å²) >= 11 is 0. The molecule has 2 aromatic rings. The van der Waals surface area contributed by atoms with Crippen LogP contribution < -0.4 is 10.1 Å². The van der Waals surface area contributed by atoms with Crippen LogP contribution in [0.4, 0.5) is 0 Å². The van der Waals surface area contributed by atoms with E-state index >= 15 is 0 Å². The van der Waals surface area contributed by atoms with Crippen molar-refractivity contribution < 1.29 is 9.84 Å². The van der Waals surface area contributed by atoms with E-state index < -0.39 is 0 Å². The lowest BCUT2D eigenvalue weighted by Crippen LogP contribution is -2.19. The number of nitrogens with one attached hydrogen (secondary N) is 1. The van der Waals surface area contributed by atoms with Crippen LogP contribution in [0, 0.1) is 0 Å². The molecule has 20 heavy (non-hydrogen) atoms. The van der Waals surface area contributed by atoms with Gasteiger partial charge in [0.05, 0.1) is 7.11 Å². The Morgan fingerprint density at radius 2 is 2.05 bits per heavy atom. The fourth-order valence-electron chi connectivity index (χ4n) is 2.93. The molecule has 0 aliphatic heterocycles. The van der Waals surface area contributed by atoms with Gasteiger partial charge in [-0.05, 0) is 36.1 Å². The first kappa shape index (κ1) is 13.0. The molecule has 0 amide bonds. The molecule has 0 spiro atoms. The molecule has 0 heterocycles. The van der Waals surface area contributed by atoms with Gasteiger partial charge in [0.2, 0.25) is 0 Å². The Morgan fingerprint density at radius 3 is 2.90 bits per heavy atom. The van der Waals surface area contributed by atoms with E-state index in [-0.39, 0.29) is 0 Å². The molecular weight excluding hydrogens is 250 g/mol. The third-order valence-corrected chi connectivity index (χ3v) is 3.98. The summed E-state index contributed by atoms with van der Waals surface area (Å²) < 4.78 is 5.37. The number of rotatable bonds is 4. The number of phenolic OH excluding ortho intramolecular Hbond substituents is 1. The zero-order valence-corrected chi connectivity index (χ0v) is 11.6. The highest BCUT2D eigenvalue weighted by Crippen LogP contribution is 2.36. The van der Waals surface area contributed by atoms with Crippen LogP contribution in [-0.4, -0.2) is 12.2 Å². The molecule has 0 aromatic heterocycles. The molecule has 0 saturated carbocycles. The molecule has 1 atom stereocenters. The molecule has 0 bridgehead atoms. The Balaban J connectivity index is 1.74. The van der Waals surface area contributed by atoms with Gasteiger partial charge in [0.1, 0.15) is 11.5 Å². The molecule has 3 heteroatoms. The number of aromatic hydroxyl groups is 1. The second kappa shape index (κ2) is 5.55. The van der Waals surface area contributed by atoms with E-state index in [0.29, 0.717) is 11.8 Å². The predicted octanol–water partition coefficient (Wildman–Crippen LogP) is 3.18. The molecule has 1 aliphatic carbocycles. The molecular formula is C17H19NO2. The first-order valence-electron chi connectivity index (χ1n) is 6.95. The Morgan fingerprint density at radius 1 is 1.20 bits per heavy atom. The predicted molar refractivity (Wildman–Crippen MR) is 79.0 cm³/mol. The number of ether oxygens (including phenoxy) is 1. The largest absolute Gasteiger partial charge is 0.508 e. The van der Waals surface area contributed by atoms with E-state index in [0.717, 1.165) is 36.3 Å². The number of benzene rings is 2. The molecule has 1 unspecified atom stereocenters. The van der Waals surface area contributed by atoms with Crippen LogP contribution >= 0.6 is 0 Å². The number of hydrogen-bond acceptors (Lipinski definition) is 3. The van der Waals surface area contributed by atoms with Crippen molar-refractivity contribution >= 4 is 0 Å². The van der Waals surface area contributed by atoms with Crippen molar-refractivity contribution in [1.82, 2.24) is 5.32 Å². The molecule has 0 saturated heterocycles. The van der Waals surface area contributed by atoms with Gasteiger partial charge in [0, 0.05) is 18.2 Å². The summed E-state index contributed by atoms with van der Waals surface area (Å²) in [4.78, 5) is 0. The highest BCUT2D eigenvalue weighted by molar-refractivity contribution is 5.44. The average Bonchev–Trinajstić information content (AvgIpc) is 2.90. The average molecular weight is 269 g/mol. The van der Waals surface area contributed by atoms with Gasteiger partial charge < -0.3 is 15.2 Å². The standard InChI is InChI=1S/C17H19NO2/c1-20-17-8-3-2-5-12(17)11-18-15-10-9-14-13(15)6-4-7-16(14)19/h2-8,15,18-19H,9-11H2,1H3. The van der Waals surface area contributed by atoms with Crippen LogP contribution in [0.3, 0.4) is 0 Å². The SMILES string of the molecule is COc1ccccc1CNC1CCc2c(O)cccc21. The Bertz CT molecular complexity index is 610. The van der Waals surface area contributed by atoms with Crippen molar-refractivity contribution in [2.75, 3.05) is 7.11 Å². The van der Waals surface area contributed by atoms with Gasteiger partial charge in [0.15, 0.2) is 0 Å². The van der Waals surface area contributed by atoms with Crippen molar-refractivity contribution in [1.29, 1.82) is 0 Å². The first-order valence-corrected chi connectivity index (χ1v) is 6.95. The summed E-state index contributed by atoms with van der Waals surface area (Å²) in [6.45, 7) is 0.768. The monoisotopic (exact) mass is 269 g/mol. The summed E-state index contributed by atoms with van der Waals surface area (Å²) in [5.41, 5.74) is 3.47. The molecule has 0 fully saturated rings. The minimum absolute atomic E-state index is 0.307. The van der Waals surface area contributed by atoms with Crippen molar-refractivity contribution in [3.8, 4) is 11.5 Å². The molecule has 2 N–H and O–H groups in total. The summed E-state index contributed by atoms with van der Waals surface area (Å²) in [5.74, 6) is 1.33. The fraction of sp³-hybridized carbons (Fsp3) is 0.294. The third kappa shape index (κ3) is 2.37. The zero-order chi connectivity index (χ0) is 13.9. The topological polar surface area (TPSA) is 41.5 Å². The minimum Gasteiger partial charge on any atom is -0.508 e. The smallest absolute Gasteiger partial charge is 0.123 e. The van der Waals surface area contributed by atoms with Crippen LogP contribution in [0.1, 0.15) is 29.2 Å². The number of methoxy groups -OCH3 is 1. The van der Waals surface area contributed by atoms with Crippen molar-refractivity contribution in [2.45, 2.75) is 25.4 Å². The van der Waals surface area contributed by atoms with Gasteiger partial charge in [0.25, 0.3) is 0 Å². The summed E-state index contributed by atoms with van der Waals surface area (Å²) in [5, 5.41) is 13.4. The number of para-hydroxylation sites is 1.